The summed E-state index contributed by atoms with van der Waals surface area (Å²) in [4.78, 5) is 12.0. The van der Waals surface area contributed by atoms with E-state index in [0.29, 0.717) is 5.56 Å². The second-order valence-corrected chi connectivity index (χ2v) is 8.43. The van der Waals surface area contributed by atoms with Gasteiger partial charge in [0, 0.05) is 26.2 Å². The topological polar surface area (TPSA) is 78.5 Å². The third kappa shape index (κ3) is 6.23. The number of carbonyl (C=O) groups is 1. The summed E-state index contributed by atoms with van der Waals surface area (Å²) in [5.41, 5.74) is -0.211. The van der Waals surface area contributed by atoms with Crippen LogP contribution in [0.5, 0.6) is 0 Å². The molecule has 10 heteroatoms. The van der Waals surface area contributed by atoms with Gasteiger partial charge in [-0.15, -0.1) is 0 Å². The lowest BCUT2D eigenvalue weighted by Gasteiger charge is -2.15. The van der Waals surface area contributed by atoms with Crippen LogP contribution < -0.4 is 10.6 Å². The summed E-state index contributed by atoms with van der Waals surface area (Å²) >= 11 is 0. The van der Waals surface area contributed by atoms with Gasteiger partial charge in [0.05, 0.1) is 17.0 Å². The van der Waals surface area contributed by atoms with Crippen LogP contribution in [0, 0.1) is 11.8 Å². The van der Waals surface area contributed by atoms with Gasteiger partial charge in [-0.3, -0.25) is 0 Å². The molecule has 0 radical (unpaired) electrons. The minimum absolute atomic E-state index is 0.0316. The number of benzene rings is 2. The van der Waals surface area contributed by atoms with E-state index in [1.807, 2.05) is 0 Å². The van der Waals surface area contributed by atoms with Crippen molar-refractivity contribution in [2.24, 2.45) is 0 Å². The van der Waals surface area contributed by atoms with Crippen LogP contribution in [0.4, 0.5) is 18.0 Å². The van der Waals surface area contributed by atoms with Gasteiger partial charge in [-0.05, 0) is 29.8 Å². The Morgan fingerprint density at radius 3 is 2.43 bits per heavy atom. The molecule has 0 saturated carbocycles. The SMILES string of the molecule is CN(C)S(=O)(=O)c1ccccc1CNC(=O)NCC#Cc1cccc(C(F)(F)F)c1. The Balaban J connectivity index is 1.93. The molecule has 160 valence electrons. The maximum atomic E-state index is 12.7. The molecule has 0 aliphatic heterocycles. The quantitative estimate of drug-likeness (QED) is 0.704. The van der Waals surface area contributed by atoms with Crippen molar-refractivity contribution in [3.05, 3.63) is 65.2 Å². The summed E-state index contributed by atoms with van der Waals surface area (Å²) in [6.45, 7) is -0.129. The molecule has 0 saturated heterocycles. The van der Waals surface area contributed by atoms with Crippen molar-refractivity contribution < 1.29 is 26.4 Å². The number of hydrogen-bond donors (Lipinski definition) is 2. The molecule has 2 amide bonds. The second-order valence-electron chi connectivity index (χ2n) is 6.31. The molecule has 0 aliphatic rings. The van der Waals surface area contributed by atoms with Crippen LogP contribution in [0.1, 0.15) is 16.7 Å². The smallest absolute Gasteiger partial charge is 0.334 e. The Morgan fingerprint density at radius 1 is 1.07 bits per heavy atom. The average molecular weight is 439 g/mol. The van der Waals surface area contributed by atoms with Crippen LogP contribution in [-0.2, 0) is 22.7 Å². The van der Waals surface area contributed by atoms with E-state index >= 15 is 0 Å². The lowest BCUT2D eigenvalue weighted by molar-refractivity contribution is -0.137. The van der Waals surface area contributed by atoms with Crippen molar-refractivity contribution in [1.82, 2.24) is 14.9 Å². The van der Waals surface area contributed by atoms with Gasteiger partial charge in [0.1, 0.15) is 0 Å². The lowest BCUT2D eigenvalue weighted by Crippen LogP contribution is -2.35. The number of amides is 2. The largest absolute Gasteiger partial charge is 0.416 e. The third-order valence-corrected chi connectivity index (χ3v) is 5.85. The zero-order valence-electron chi connectivity index (χ0n) is 16.2. The Kier molecular flexibility index (Phi) is 7.48. The molecular formula is C20H20F3N3O3S. The number of carbonyl (C=O) groups excluding carboxylic acids is 1. The van der Waals surface area contributed by atoms with Crippen molar-refractivity contribution in [2.45, 2.75) is 17.6 Å². The Hall–Kier alpha value is -3.03. The molecule has 0 unspecified atom stereocenters. The molecule has 2 aromatic carbocycles. The van der Waals surface area contributed by atoms with E-state index in [1.54, 1.807) is 18.2 Å². The highest BCUT2D eigenvalue weighted by atomic mass is 32.2. The lowest BCUT2D eigenvalue weighted by atomic mass is 10.1. The Morgan fingerprint density at radius 2 is 1.77 bits per heavy atom. The average Bonchev–Trinajstić information content (AvgIpc) is 2.69. The van der Waals surface area contributed by atoms with E-state index in [9.17, 15) is 26.4 Å². The summed E-state index contributed by atoms with van der Waals surface area (Å²) in [5, 5.41) is 4.97. The van der Waals surface area contributed by atoms with Crippen molar-refractivity contribution >= 4 is 16.1 Å². The molecule has 0 spiro atoms. The van der Waals surface area contributed by atoms with E-state index in [0.717, 1.165) is 16.4 Å². The van der Waals surface area contributed by atoms with Gasteiger partial charge in [-0.1, -0.05) is 36.1 Å². The molecule has 2 N–H and O–H groups in total. The molecule has 0 heterocycles. The fraction of sp³-hybridized carbons (Fsp3) is 0.250. The van der Waals surface area contributed by atoms with Crippen LogP contribution in [0.15, 0.2) is 53.4 Å². The van der Waals surface area contributed by atoms with Crippen LogP contribution in [0.3, 0.4) is 0 Å². The van der Waals surface area contributed by atoms with Gasteiger partial charge >= 0.3 is 12.2 Å². The molecule has 0 bridgehead atoms. The van der Waals surface area contributed by atoms with Gasteiger partial charge in [-0.25, -0.2) is 17.5 Å². The predicted octanol–water partition coefficient (Wildman–Crippen LogP) is 2.81. The monoisotopic (exact) mass is 439 g/mol. The van der Waals surface area contributed by atoms with Crippen LogP contribution >= 0.6 is 0 Å². The zero-order chi connectivity index (χ0) is 22.4. The number of rotatable bonds is 5. The highest BCUT2D eigenvalue weighted by molar-refractivity contribution is 7.89. The number of hydrogen-bond acceptors (Lipinski definition) is 3. The first-order valence-electron chi connectivity index (χ1n) is 8.70. The standard InChI is InChI=1S/C20H20F3N3O3S/c1-26(2)30(28,29)18-11-4-3-9-16(18)14-25-19(27)24-12-6-8-15-7-5-10-17(13-15)20(21,22)23/h3-5,7,9-11,13H,12,14H2,1-2H3,(H2,24,25,27). The van der Waals surface area contributed by atoms with Crippen LogP contribution in [-0.4, -0.2) is 39.4 Å². The zero-order valence-corrected chi connectivity index (χ0v) is 17.1. The first-order valence-corrected chi connectivity index (χ1v) is 10.1. The van der Waals surface area contributed by atoms with E-state index in [2.05, 4.69) is 22.5 Å². The number of urea groups is 1. The molecule has 6 nitrogen and oxygen atoms in total. The summed E-state index contributed by atoms with van der Waals surface area (Å²) in [7, 11) is -0.838. The van der Waals surface area contributed by atoms with E-state index in [4.69, 9.17) is 0 Å². The van der Waals surface area contributed by atoms with Crippen molar-refractivity contribution in [1.29, 1.82) is 0 Å². The van der Waals surface area contributed by atoms with Crippen LogP contribution in [0.2, 0.25) is 0 Å². The van der Waals surface area contributed by atoms with E-state index in [1.165, 1.54) is 32.3 Å². The van der Waals surface area contributed by atoms with Gasteiger partial charge < -0.3 is 10.6 Å². The molecule has 0 aliphatic carbocycles. The van der Waals surface area contributed by atoms with Crippen molar-refractivity contribution in [3.8, 4) is 11.8 Å². The van der Waals surface area contributed by atoms with Crippen LogP contribution in [0.25, 0.3) is 0 Å². The second kappa shape index (κ2) is 9.65. The van der Waals surface area contributed by atoms with Gasteiger partial charge in [0.25, 0.3) is 0 Å². The maximum Gasteiger partial charge on any atom is 0.416 e. The maximum absolute atomic E-state index is 12.7. The third-order valence-electron chi connectivity index (χ3n) is 3.93. The molecule has 30 heavy (non-hydrogen) atoms. The van der Waals surface area contributed by atoms with Gasteiger partial charge in [-0.2, -0.15) is 13.2 Å². The van der Waals surface area contributed by atoms with Crippen molar-refractivity contribution in [2.75, 3.05) is 20.6 Å². The molecule has 0 aromatic heterocycles. The normalized spacial score (nSPS) is 11.5. The molecule has 0 atom stereocenters. The number of halogens is 3. The first kappa shape index (κ1) is 23.3. The fourth-order valence-corrected chi connectivity index (χ4v) is 3.50. The van der Waals surface area contributed by atoms with Gasteiger partial charge in [0.15, 0.2) is 0 Å². The highest BCUT2D eigenvalue weighted by Gasteiger charge is 2.30. The highest BCUT2D eigenvalue weighted by Crippen LogP contribution is 2.29. The number of nitrogens with zero attached hydrogens (tertiary/aromatic N) is 1. The molecular weight excluding hydrogens is 419 g/mol. The number of nitrogens with one attached hydrogen (secondary N) is 2. The minimum Gasteiger partial charge on any atom is -0.334 e. The van der Waals surface area contributed by atoms with E-state index < -0.39 is 27.8 Å². The Labute approximate surface area is 173 Å². The summed E-state index contributed by atoms with van der Waals surface area (Å²) in [6, 6.07) is 10.3. The summed E-state index contributed by atoms with van der Waals surface area (Å²) in [6.07, 6.45) is -4.45. The predicted molar refractivity (Wildman–Crippen MR) is 106 cm³/mol. The summed E-state index contributed by atoms with van der Waals surface area (Å²) < 4.78 is 63.8. The fourth-order valence-electron chi connectivity index (χ4n) is 2.38. The molecule has 2 rings (SSSR count). The van der Waals surface area contributed by atoms with E-state index in [-0.39, 0.29) is 23.5 Å². The first-order chi connectivity index (χ1) is 14.0. The molecule has 0 fully saturated rings. The Bertz CT molecular complexity index is 1070. The number of sulfonamides is 1. The summed E-state index contributed by atoms with van der Waals surface area (Å²) in [5.74, 6) is 5.12. The number of alkyl halides is 3. The van der Waals surface area contributed by atoms with Crippen molar-refractivity contribution in [3.63, 3.8) is 0 Å². The molecule has 2 aromatic rings. The minimum atomic E-state index is -4.45. The van der Waals surface area contributed by atoms with Gasteiger partial charge in [0.2, 0.25) is 10.0 Å².